The molecule has 100 valence electrons. The summed E-state index contributed by atoms with van der Waals surface area (Å²) in [6.07, 6.45) is 0. The van der Waals surface area contributed by atoms with Gasteiger partial charge >= 0.3 is 5.97 Å². The summed E-state index contributed by atoms with van der Waals surface area (Å²) in [4.78, 5) is 15.4. The molecular formula is C12H9Cl2NO2S2. The lowest BCUT2D eigenvalue weighted by Gasteiger charge is -2.04. The second-order valence-corrected chi connectivity index (χ2v) is 6.72. The van der Waals surface area contributed by atoms with Gasteiger partial charge in [-0.25, -0.2) is 9.78 Å². The summed E-state index contributed by atoms with van der Waals surface area (Å²) < 4.78 is 0.700. The number of hydrogen-bond donors (Lipinski definition) is 1. The fourth-order valence-electron chi connectivity index (χ4n) is 1.44. The smallest absolute Gasteiger partial charge is 0.347 e. The van der Waals surface area contributed by atoms with Gasteiger partial charge < -0.3 is 5.11 Å². The summed E-state index contributed by atoms with van der Waals surface area (Å²) in [7, 11) is 0. The lowest BCUT2D eigenvalue weighted by atomic mass is 10.2. The van der Waals surface area contributed by atoms with E-state index in [9.17, 15) is 4.79 Å². The van der Waals surface area contributed by atoms with Crippen LogP contribution in [0.15, 0.2) is 22.5 Å². The number of nitrogens with zero attached hydrogens (tertiary/aromatic N) is 1. The molecule has 0 spiro atoms. The second kappa shape index (κ2) is 6.13. The Bertz CT molecular complexity index is 608. The first-order valence-electron chi connectivity index (χ1n) is 5.25. The highest BCUT2D eigenvalue weighted by Gasteiger charge is 2.15. The number of halogens is 2. The molecule has 1 heterocycles. The van der Waals surface area contributed by atoms with Gasteiger partial charge in [0.25, 0.3) is 0 Å². The molecule has 0 fully saturated rings. The quantitative estimate of drug-likeness (QED) is 0.820. The van der Waals surface area contributed by atoms with Gasteiger partial charge in [-0.3, -0.25) is 0 Å². The van der Waals surface area contributed by atoms with Crippen molar-refractivity contribution >= 4 is 52.3 Å². The van der Waals surface area contributed by atoms with Crippen molar-refractivity contribution in [2.75, 3.05) is 0 Å². The predicted octanol–water partition coefficient (Wildman–Crippen LogP) is 4.75. The number of hydrogen-bond acceptors (Lipinski definition) is 4. The van der Waals surface area contributed by atoms with E-state index in [4.69, 9.17) is 28.3 Å². The first-order valence-corrected chi connectivity index (χ1v) is 7.81. The van der Waals surface area contributed by atoms with Gasteiger partial charge in [-0.2, -0.15) is 0 Å². The molecule has 0 unspecified atom stereocenters. The molecule has 0 atom stereocenters. The van der Waals surface area contributed by atoms with Crippen LogP contribution in [0.3, 0.4) is 0 Å². The summed E-state index contributed by atoms with van der Waals surface area (Å²) in [5.74, 6) is -0.387. The zero-order valence-electron chi connectivity index (χ0n) is 9.81. The Labute approximate surface area is 128 Å². The van der Waals surface area contributed by atoms with Crippen molar-refractivity contribution in [1.29, 1.82) is 0 Å². The van der Waals surface area contributed by atoms with Gasteiger partial charge in [0.05, 0.1) is 5.69 Å². The van der Waals surface area contributed by atoms with Gasteiger partial charge in [0.2, 0.25) is 0 Å². The largest absolute Gasteiger partial charge is 0.477 e. The molecule has 0 aliphatic heterocycles. The minimum absolute atomic E-state index is 0.271. The number of rotatable bonds is 4. The minimum atomic E-state index is -0.947. The van der Waals surface area contributed by atoms with Crippen LogP contribution in [-0.4, -0.2) is 16.1 Å². The zero-order chi connectivity index (χ0) is 14.0. The van der Waals surface area contributed by atoms with Crippen molar-refractivity contribution in [3.8, 4) is 0 Å². The van der Waals surface area contributed by atoms with Crippen LogP contribution in [0.2, 0.25) is 10.0 Å². The highest BCUT2D eigenvalue weighted by Crippen LogP contribution is 2.34. The number of carboxylic acid groups (broad SMARTS) is 1. The molecule has 2 rings (SSSR count). The summed E-state index contributed by atoms with van der Waals surface area (Å²) >= 11 is 14.7. The van der Waals surface area contributed by atoms with Gasteiger partial charge in [-0.1, -0.05) is 41.0 Å². The molecule has 0 saturated heterocycles. The molecule has 7 heteroatoms. The summed E-state index contributed by atoms with van der Waals surface area (Å²) in [6, 6.07) is 5.34. The van der Waals surface area contributed by atoms with E-state index in [1.54, 1.807) is 25.1 Å². The highest BCUT2D eigenvalue weighted by molar-refractivity contribution is 8.00. The predicted molar refractivity (Wildman–Crippen MR) is 79.8 cm³/mol. The molecule has 2 aromatic rings. The minimum Gasteiger partial charge on any atom is -0.477 e. The van der Waals surface area contributed by atoms with E-state index < -0.39 is 5.97 Å². The molecule has 0 aliphatic carbocycles. The first-order chi connectivity index (χ1) is 8.99. The Kier molecular flexibility index (Phi) is 4.73. The number of aryl methyl sites for hydroxylation is 1. The zero-order valence-corrected chi connectivity index (χ0v) is 13.0. The first kappa shape index (κ1) is 14.7. The van der Waals surface area contributed by atoms with Crippen molar-refractivity contribution in [3.05, 3.63) is 44.4 Å². The molecule has 0 amide bonds. The number of thioether (sulfide) groups is 1. The standard InChI is InChI=1S/C12H9Cl2NO2S2/c1-6-10(11(16)17)19-12(15-6)18-5-7-8(13)3-2-4-9(7)14/h2-4H,5H2,1H3,(H,16,17). The monoisotopic (exact) mass is 333 g/mol. The van der Waals surface area contributed by atoms with Crippen LogP contribution in [0, 0.1) is 6.92 Å². The number of carbonyl (C=O) groups is 1. The van der Waals surface area contributed by atoms with Crippen molar-refractivity contribution in [2.24, 2.45) is 0 Å². The van der Waals surface area contributed by atoms with E-state index in [1.807, 2.05) is 0 Å². The Balaban J connectivity index is 2.15. The third kappa shape index (κ3) is 3.42. The van der Waals surface area contributed by atoms with E-state index in [1.165, 1.54) is 11.8 Å². The molecule has 0 aliphatic rings. The number of carboxylic acids is 1. The second-order valence-electron chi connectivity index (χ2n) is 3.69. The van der Waals surface area contributed by atoms with Gasteiger partial charge in [0, 0.05) is 15.8 Å². The molecule has 1 aromatic carbocycles. The van der Waals surface area contributed by atoms with Crippen molar-refractivity contribution in [1.82, 2.24) is 4.98 Å². The Morgan fingerprint density at radius 1 is 1.42 bits per heavy atom. The lowest BCUT2D eigenvalue weighted by Crippen LogP contribution is -1.94. The summed E-state index contributed by atoms with van der Waals surface area (Å²) in [5.41, 5.74) is 1.37. The summed E-state index contributed by atoms with van der Waals surface area (Å²) in [6.45, 7) is 1.69. The lowest BCUT2D eigenvalue weighted by molar-refractivity contribution is 0.0701. The van der Waals surface area contributed by atoms with Gasteiger partial charge in [-0.05, 0) is 24.6 Å². The Hall–Kier alpha value is -0.750. The maximum absolute atomic E-state index is 10.9. The Morgan fingerprint density at radius 2 is 2.05 bits per heavy atom. The van der Waals surface area contributed by atoms with E-state index in [0.29, 0.717) is 25.8 Å². The molecule has 3 nitrogen and oxygen atoms in total. The normalized spacial score (nSPS) is 10.7. The topological polar surface area (TPSA) is 50.2 Å². The fourth-order valence-corrected chi connectivity index (χ4v) is 4.21. The molecule has 19 heavy (non-hydrogen) atoms. The molecule has 0 radical (unpaired) electrons. The maximum Gasteiger partial charge on any atom is 0.347 e. The number of benzene rings is 1. The molecule has 1 N–H and O–H groups in total. The maximum atomic E-state index is 10.9. The SMILES string of the molecule is Cc1nc(SCc2c(Cl)cccc2Cl)sc1C(=O)O. The Morgan fingerprint density at radius 3 is 2.58 bits per heavy atom. The van der Waals surface area contributed by atoms with Crippen LogP contribution in [0.25, 0.3) is 0 Å². The fraction of sp³-hybridized carbons (Fsp3) is 0.167. The van der Waals surface area contributed by atoms with Gasteiger partial charge in [0.1, 0.15) is 4.88 Å². The van der Waals surface area contributed by atoms with Crippen LogP contribution in [0.4, 0.5) is 0 Å². The van der Waals surface area contributed by atoms with E-state index in [2.05, 4.69) is 4.98 Å². The van der Waals surface area contributed by atoms with E-state index >= 15 is 0 Å². The van der Waals surface area contributed by atoms with Crippen molar-refractivity contribution in [2.45, 2.75) is 17.0 Å². The third-order valence-corrected chi connectivity index (χ3v) is 5.40. The number of aromatic nitrogens is 1. The highest BCUT2D eigenvalue weighted by atomic mass is 35.5. The third-order valence-electron chi connectivity index (χ3n) is 2.37. The van der Waals surface area contributed by atoms with Crippen LogP contribution in [0.5, 0.6) is 0 Å². The number of aromatic carboxylic acids is 1. The molecule has 0 saturated carbocycles. The van der Waals surface area contributed by atoms with E-state index in [-0.39, 0.29) is 4.88 Å². The van der Waals surface area contributed by atoms with Crippen molar-refractivity contribution in [3.63, 3.8) is 0 Å². The van der Waals surface area contributed by atoms with Crippen LogP contribution in [0.1, 0.15) is 20.9 Å². The van der Waals surface area contributed by atoms with Crippen LogP contribution < -0.4 is 0 Å². The average Bonchev–Trinajstić information content (AvgIpc) is 2.70. The van der Waals surface area contributed by atoms with Gasteiger partial charge in [0.15, 0.2) is 4.34 Å². The van der Waals surface area contributed by atoms with Crippen LogP contribution in [-0.2, 0) is 5.75 Å². The summed E-state index contributed by atoms with van der Waals surface area (Å²) in [5, 5.41) is 10.2. The molecule has 1 aromatic heterocycles. The van der Waals surface area contributed by atoms with Crippen molar-refractivity contribution < 1.29 is 9.90 Å². The molecular weight excluding hydrogens is 325 g/mol. The van der Waals surface area contributed by atoms with E-state index in [0.717, 1.165) is 16.9 Å². The molecule has 0 bridgehead atoms. The average molecular weight is 334 g/mol. The van der Waals surface area contributed by atoms with Crippen LogP contribution >= 0.6 is 46.3 Å². The van der Waals surface area contributed by atoms with Gasteiger partial charge in [-0.15, -0.1) is 11.3 Å². The number of thiazole rings is 1.